The van der Waals surface area contributed by atoms with Crippen LogP contribution in [0, 0.1) is 5.82 Å². The van der Waals surface area contributed by atoms with Crippen LogP contribution in [0.15, 0.2) is 52.4 Å². The largest absolute Gasteiger partial charge is 0.454 e. The number of rotatable bonds is 4. The van der Waals surface area contributed by atoms with Crippen LogP contribution < -0.4 is 20.3 Å². The molecule has 0 fully saturated rings. The van der Waals surface area contributed by atoms with Crippen molar-refractivity contribution in [3.63, 3.8) is 0 Å². The second-order valence-corrected chi connectivity index (χ2v) is 7.93. The van der Waals surface area contributed by atoms with Crippen LogP contribution in [-0.4, -0.2) is 22.7 Å². The van der Waals surface area contributed by atoms with Crippen molar-refractivity contribution in [2.75, 3.05) is 12.1 Å². The maximum atomic E-state index is 13.4. The summed E-state index contributed by atoms with van der Waals surface area (Å²) in [6, 6.07) is 11.6. The van der Waals surface area contributed by atoms with E-state index in [1.54, 1.807) is 24.3 Å². The Morgan fingerprint density at radius 1 is 1.13 bits per heavy atom. The van der Waals surface area contributed by atoms with Gasteiger partial charge in [0.1, 0.15) is 11.6 Å². The lowest BCUT2D eigenvalue weighted by molar-refractivity contribution is -0.116. The van der Waals surface area contributed by atoms with E-state index in [-0.39, 0.29) is 36.3 Å². The van der Waals surface area contributed by atoms with E-state index in [0.717, 1.165) is 11.1 Å². The second kappa shape index (κ2) is 7.49. The first-order valence-electron chi connectivity index (χ1n) is 9.27. The van der Waals surface area contributed by atoms with E-state index >= 15 is 0 Å². The lowest BCUT2D eigenvalue weighted by Crippen LogP contribution is -2.31. The number of aromatic amines is 1. The summed E-state index contributed by atoms with van der Waals surface area (Å²) in [6.07, 6.45) is 0.132. The molecule has 0 saturated heterocycles. The van der Waals surface area contributed by atoms with Crippen molar-refractivity contribution in [2.45, 2.75) is 23.2 Å². The summed E-state index contributed by atoms with van der Waals surface area (Å²) in [5.41, 5.74) is 1.64. The number of carbonyl (C=O) groups is 1. The van der Waals surface area contributed by atoms with Gasteiger partial charge in [-0.25, -0.2) is 9.37 Å². The molecule has 2 aliphatic heterocycles. The predicted molar refractivity (Wildman–Crippen MR) is 108 cm³/mol. The third kappa shape index (κ3) is 3.52. The van der Waals surface area contributed by atoms with Gasteiger partial charge in [-0.15, -0.1) is 0 Å². The second-order valence-electron chi connectivity index (χ2n) is 6.97. The molecule has 2 N–H and O–H groups in total. The van der Waals surface area contributed by atoms with Crippen molar-refractivity contribution < 1.29 is 18.7 Å². The molecule has 9 heteroatoms. The van der Waals surface area contributed by atoms with Crippen LogP contribution in [0.3, 0.4) is 0 Å². The number of carbonyl (C=O) groups excluding carboxylic acids is 1. The molecule has 30 heavy (non-hydrogen) atoms. The summed E-state index contributed by atoms with van der Waals surface area (Å²) in [7, 11) is 0. The highest BCUT2D eigenvalue weighted by molar-refractivity contribution is 7.98. The summed E-state index contributed by atoms with van der Waals surface area (Å²) >= 11 is 1.26. The van der Waals surface area contributed by atoms with Gasteiger partial charge in [0.2, 0.25) is 12.7 Å². The number of hydrogen-bond acceptors (Lipinski definition) is 6. The Morgan fingerprint density at radius 2 is 2.00 bits per heavy atom. The number of amides is 1. The minimum absolute atomic E-state index is 0.132. The number of benzene rings is 2. The number of fused-ring (bicyclic) bond motifs is 2. The minimum Gasteiger partial charge on any atom is -0.454 e. The molecule has 2 aliphatic rings. The Bertz CT molecular complexity index is 1210. The van der Waals surface area contributed by atoms with Crippen LogP contribution in [0.2, 0.25) is 0 Å². The summed E-state index contributed by atoms with van der Waals surface area (Å²) in [4.78, 5) is 32.4. The van der Waals surface area contributed by atoms with Crippen molar-refractivity contribution in [1.29, 1.82) is 0 Å². The first-order valence-corrected chi connectivity index (χ1v) is 10.3. The zero-order valence-corrected chi connectivity index (χ0v) is 16.4. The Labute approximate surface area is 174 Å². The fourth-order valence-corrected chi connectivity index (χ4v) is 4.42. The van der Waals surface area contributed by atoms with Gasteiger partial charge in [-0.3, -0.25) is 9.59 Å². The Balaban J connectivity index is 1.46. The molecule has 152 valence electrons. The Morgan fingerprint density at radius 3 is 2.87 bits per heavy atom. The third-order valence-electron chi connectivity index (χ3n) is 4.99. The lowest BCUT2D eigenvalue weighted by Gasteiger charge is -2.24. The van der Waals surface area contributed by atoms with Crippen LogP contribution in [0.4, 0.5) is 10.2 Å². The van der Waals surface area contributed by atoms with E-state index in [9.17, 15) is 14.0 Å². The van der Waals surface area contributed by atoms with Crippen LogP contribution in [-0.2, 0) is 10.5 Å². The summed E-state index contributed by atoms with van der Waals surface area (Å²) < 4.78 is 24.1. The summed E-state index contributed by atoms with van der Waals surface area (Å²) in [5.74, 6) is 0.922. The van der Waals surface area contributed by atoms with Crippen LogP contribution in [0.1, 0.15) is 29.0 Å². The van der Waals surface area contributed by atoms with E-state index < -0.39 is 5.92 Å². The molecular weight excluding hydrogens is 409 g/mol. The maximum absolute atomic E-state index is 13.4. The molecular formula is C21H16FN3O4S. The van der Waals surface area contributed by atoms with Crippen LogP contribution in [0.25, 0.3) is 0 Å². The van der Waals surface area contributed by atoms with Gasteiger partial charge in [-0.05, 0) is 35.4 Å². The van der Waals surface area contributed by atoms with E-state index in [0.29, 0.717) is 28.0 Å². The number of halogens is 1. The van der Waals surface area contributed by atoms with E-state index in [4.69, 9.17) is 9.47 Å². The molecule has 1 atom stereocenters. The highest BCUT2D eigenvalue weighted by atomic mass is 32.2. The van der Waals surface area contributed by atoms with Crippen molar-refractivity contribution in [3.05, 3.63) is 75.3 Å². The zero-order valence-electron chi connectivity index (χ0n) is 15.6. The molecule has 0 saturated carbocycles. The van der Waals surface area contributed by atoms with Crippen molar-refractivity contribution in [3.8, 4) is 11.5 Å². The Kier molecular flexibility index (Phi) is 4.66. The summed E-state index contributed by atoms with van der Waals surface area (Å²) in [6.45, 7) is 0.147. The first kappa shape index (κ1) is 18.7. The number of aromatic nitrogens is 2. The monoisotopic (exact) mass is 425 g/mol. The molecule has 1 amide bonds. The van der Waals surface area contributed by atoms with Gasteiger partial charge in [-0.2, -0.15) is 0 Å². The van der Waals surface area contributed by atoms with Gasteiger partial charge in [-0.1, -0.05) is 30.0 Å². The van der Waals surface area contributed by atoms with Crippen molar-refractivity contribution >= 4 is 23.5 Å². The van der Waals surface area contributed by atoms with Crippen molar-refractivity contribution in [2.24, 2.45) is 0 Å². The van der Waals surface area contributed by atoms with Gasteiger partial charge in [0, 0.05) is 18.1 Å². The van der Waals surface area contributed by atoms with E-state index in [2.05, 4.69) is 15.3 Å². The highest BCUT2D eigenvalue weighted by Gasteiger charge is 2.32. The molecule has 0 bridgehead atoms. The number of ether oxygens (including phenoxy) is 2. The fraction of sp³-hybridized carbons (Fsp3) is 0.190. The van der Waals surface area contributed by atoms with Gasteiger partial charge in [0.15, 0.2) is 16.7 Å². The Hall–Kier alpha value is -3.33. The molecule has 2 aromatic carbocycles. The number of nitrogens with one attached hydrogen (secondary N) is 2. The van der Waals surface area contributed by atoms with Crippen LogP contribution in [0.5, 0.6) is 11.5 Å². The standard InChI is InChI=1S/C21H16FN3O4S/c22-13-3-1-2-11(6-13)9-30-21-24-19-18(20(27)25-21)14(8-17(26)23-19)12-4-5-15-16(7-12)29-10-28-15/h1-7,14H,8-10H2,(H2,23,24,25,26,27). The fourth-order valence-electron chi connectivity index (χ4n) is 3.61. The molecule has 3 heterocycles. The molecule has 1 unspecified atom stereocenters. The number of hydrogen-bond donors (Lipinski definition) is 2. The highest BCUT2D eigenvalue weighted by Crippen LogP contribution is 2.40. The molecule has 5 rings (SSSR count). The maximum Gasteiger partial charge on any atom is 0.257 e. The number of anilines is 1. The topological polar surface area (TPSA) is 93.3 Å². The quantitative estimate of drug-likeness (QED) is 0.492. The van der Waals surface area contributed by atoms with E-state index in [1.165, 1.54) is 23.9 Å². The molecule has 0 radical (unpaired) electrons. The molecule has 0 spiro atoms. The van der Waals surface area contributed by atoms with Crippen LogP contribution >= 0.6 is 11.8 Å². The average Bonchev–Trinajstić information content (AvgIpc) is 3.19. The lowest BCUT2D eigenvalue weighted by atomic mass is 9.86. The number of nitrogens with zero attached hydrogens (tertiary/aromatic N) is 1. The number of thioether (sulfide) groups is 1. The van der Waals surface area contributed by atoms with Gasteiger partial charge in [0.25, 0.3) is 5.56 Å². The van der Waals surface area contributed by atoms with Gasteiger partial charge < -0.3 is 19.8 Å². The average molecular weight is 425 g/mol. The SMILES string of the molecule is O=C1CC(c2ccc3c(c2)OCO3)c2c(nc(SCc3cccc(F)c3)[nH]c2=O)N1. The normalized spacial score (nSPS) is 16.8. The van der Waals surface area contributed by atoms with Crippen molar-refractivity contribution in [1.82, 2.24) is 9.97 Å². The minimum atomic E-state index is -0.443. The predicted octanol–water partition coefficient (Wildman–Crippen LogP) is 3.40. The molecule has 1 aromatic heterocycles. The third-order valence-corrected chi connectivity index (χ3v) is 5.94. The van der Waals surface area contributed by atoms with Gasteiger partial charge in [0.05, 0.1) is 5.56 Å². The molecule has 0 aliphatic carbocycles. The number of H-pyrrole nitrogens is 1. The summed E-state index contributed by atoms with van der Waals surface area (Å²) in [5, 5.41) is 3.06. The molecule has 7 nitrogen and oxygen atoms in total. The smallest absolute Gasteiger partial charge is 0.257 e. The molecule has 3 aromatic rings. The van der Waals surface area contributed by atoms with E-state index in [1.807, 2.05) is 6.07 Å². The zero-order chi connectivity index (χ0) is 20.7. The first-order chi connectivity index (χ1) is 14.6. The van der Waals surface area contributed by atoms with Gasteiger partial charge >= 0.3 is 0 Å².